The molecule has 10 nitrogen and oxygen atoms in total. The number of benzene rings is 1. The predicted molar refractivity (Wildman–Crippen MR) is 130 cm³/mol. The zero-order valence-corrected chi connectivity index (χ0v) is 19.8. The van der Waals surface area contributed by atoms with Gasteiger partial charge < -0.3 is 19.1 Å². The lowest BCUT2D eigenvalue weighted by molar-refractivity contribution is 0.0741. The molecule has 1 saturated heterocycles. The zero-order valence-electron chi connectivity index (χ0n) is 19.8. The minimum Gasteiger partial charge on any atom is -0.492 e. The number of pyridine rings is 1. The smallest absolute Gasteiger partial charge is 0.274 e. The molecule has 35 heavy (non-hydrogen) atoms. The molecule has 0 radical (unpaired) electrons. The summed E-state index contributed by atoms with van der Waals surface area (Å²) in [5.41, 5.74) is 2.10. The monoisotopic (exact) mass is 473 g/mol. The largest absolute Gasteiger partial charge is 0.492 e. The number of ether oxygens (including phenoxy) is 1. The van der Waals surface area contributed by atoms with Crippen molar-refractivity contribution in [3.8, 4) is 23.0 Å². The van der Waals surface area contributed by atoms with Crippen LogP contribution in [0.5, 0.6) is 5.75 Å². The average Bonchev–Trinajstić information content (AvgIpc) is 3.59. The Morgan fingerprint density at radius 2 is 1.89 bits per heavy atom. The second-order valence-electron chi connectivity index (χ2n) is 8.09. The van der Waals surface area contributed by atoms with Crippen LogP contribution in [0.3, 0.4) is 0 Å². The first-order valence-electron chi connectivity index (χ1n) is 11.8. The summed E-state index contributed by atoms with van der Waals surface area (Å²) in [7, 11) is 0. The molecule has 0 aliphatic carbocycles. The minimum absolute atomic E-state index is 0.106. The van der Waals surface area contributed by atoms with Crippen LogP contribution >= 0.6 is 0 Å². The van der Waals surface area contributed by atoms with Crippen LogP contribution in [-0.2, 0) is 6.42 Å². The second-order valence-corrected chi connectivity index (χ2v) is 8.09. The van der Waals surface area contributed by atoms with E-state index in [1.165, 1.54) is 0 Å². The van der Waals surface area contributed by atoms with E-state index in [4.69, 9.17) is 9.26 Å². The standard InChI is InChI=1S/C25H27N7O3/c1-3-22-28-24(35-29-22)18-8-7-11-26-23(18)32-16-19(27-17-32)25(33)31-14-12-30(13-15-31)20-9-5-6-10-21(20)34-4-2/h5-11,16-17H,3-4,12-15H2,1-2H3. The fourth-order valence-corrected chi connectivity index (χ4v) is 4.13. The van der Waals surface area contributed by atoms with E-state index in [1.807, 2.05) is 43.0 Å². The molecule has 0 bridgehead atoms. The molecule has 0 spiro atoms. The SMILES string of the molecule is CCOc1ccccc1N1CCN(C(=O)c2cn(-c3ncccc3-c3nc(CC)no3)cn2)CC1. The number of amides is 1. The number of carbonyl (C=O) groups excluding carboxylic acids is 1. The fourth-order valence-electron chi connectivity index (χ4n) is 4.13. The Labute approximate surface area is 203 Å². The first-order valence-corrected chi connectivity index (χ1v) is 11.8. The van der Waals surface area contributed by atoms with Crippen molar-refractivity contribution in [2.24, 2.45) is 0 Å². The van der Waals surface area contributed by atoms with Gasteiger partial charge >= 0.3 is 0 Å². The summed E-state index contributed by atoms with van der Waals surface area (Å²) in [6.07, 6.45) is 5.64. The van der Waals surface area contributed by atoms with Gasteiger partial charge in [0.15, 0.2) is 11.6 Å². The quantitative estimate of drug-likeness (QED) is 0.403. The molecule has 1 aliphatic heterocycles. The summed E-state index contributed by atoms with van der Waals surface area (Å²) in [5.74, 6) is 2.34. The van der Waals surface area contributed by atoms with Crippen LogP contribution in [0.2, 0.25) is 0 Å². The van der Waals surface area contributed by atoms with Crippen LogP contribution in [-0.4, -0.2) is 68.3 Å². The highest BCUT2D eigenvalue weighted by molar-refractivity contribution is 5.92. The molecule has 3 aromatic heterocycles. The van der Waals surface area contributed by atoms with Gasteiger partial charge in [-0.15, -0.1) is 0 Å². The second kappa shape index (κ2) is 9.96. The molecule has 1 fully saturated rings. The van der Waals surface area contributed by atoms with E-state index in [-0.39, 0.29) is 5.91 Å². The average molecular weight is 474 g/mol. The van der Waals surface area contributed by atoms with Gasteiger partial charge in [-0.3, -0.25) is 9.36 Å². The Bertz CT molecular complexity index is 1310. The van der Waals surface area contributed by atoms with Crippen molar-refractivity contribution in [3.63, 3.8) is 0 Å². The van der Waals surface area contributed by atoms with Gasteiger partial charge in [-0.1, -0.05) is 24.2 Å². The summed E-state index contributed by atoms with van der Waals surface area (Å²) < 4.78 is 12.9. The highest BCUT2D eigenvalue weighted by atomic mass is 16.5. The molecular formula is C25H27N7O3. The fraction of sp³-hybridized carbons (Fsp3) is 0.320. The van der Waals surface area contributed by atoms with E-state index in [9.17, 15) is 4.79 Å². The van der Waals surface area contributed by atoms with E-state index >= 15 is 0 Å². The van der Waals surface area contributed by atoms with Crippen molar-refractivity contribution < 1.29 is 14.1 Å². The van der Waals surface area contributed by atoms with Gasteiger partial charge in [-0.2, -0.15) is 4.98 Å². The van der Waals surface area contributed by atoms with Gasteiger partial charge in [-0.25, -0.2) is 9.97 Å². The predicted octanol–water partition coefficient (Wildman–Crippen LogP) is 3.24. The third-order valence-electron chi connectivity index (χ3n) is 5.92. The number of rotatable bonds is 7. The molecule has 1 aliphatic rings. The molecule has 4 heterocycles. The highest BCUT2D eigenvalue weighted by Gasteiger charge is 2.25. The molecule has 0 unspecified atom stereocenters. The number of imidazole rings is 1. The summed E-state index contributed by atoms with van der Waals surface area (Å²) in [6, 6.07) is 11.7. The number of aromatic nitrogens is 5. The number of carbonyl (C=O) groups is 1. The third kappa shape index (κ3) is 4.59. The Balaban J connectivity index is 1.30. The van der Waals surface area contributed by atoms with Crippen molar-refractivity contribution in [2.75, 3.05) is 37.7 Å². The zero-order chi connectivity index (χ0) is 24.2. The minimum atomic E-state index is -0.106. The van der Waals surface area contributed by atoms with Gasteiger partial charge in [0.25, 0.3) is 11.8 Å². The van der Waals surface area contributed by atoms with Crippen LogP contribution in [0.25, 0.3) is 17.3 Å². The van der Waals surface area contributed by atoms with E-state index < -0.39 is 0 Å². The molecule has 4 aromatic rings. The summed E-state index contributed by atoms with van der Waals surface area (Å²) in [4.78, 5) is 30.5. The van der Waals surface area contributed by atoms with Crippen LogP contribution in [0, 0.1) is 0 Å². The lowest BCUT2D eigenvalue weighted by Crippen LogP contribution is -2.49. The van der Waals surface area contributed by atoms with E-state index in [1.54, 1.807) is 29.4 Å². The maximum atomic E-state index is 13.2. The molecule has 0 saturated carbocycles. The van der Waals surface area contributed by atoms with Crippen molar-refractivity contribution in [1.82, 2.24) is 29.6 Å². The van der Waals surface area contributed by atoms with Gasteiger partial charge in [0, 0.05) is 45.0 Å². The van der Waals surface area contributed by atoms with Crippen molar-refractivity contribution >= 4 is 11.6 Å². The van der Waals surface area contributed by atoms with Gasteiger partial charge in [-0.05, 0) is 31.2 Å². The number of para-hydroxylation sites is 2. The molecule has 5 rings (SSSR count). The molecule has 0 N–H and O–H groups in total. The van der Waals surface area contributed by atoms with Gasteiger partial charge in [0.2, 0.25) is 0 Å². The summed E-state index contributed by atoms with van der Waals surface area (Å²) in [6.45, 7) is 7.19. The maximum Gasteiger partial charge on any atom is 0.274 e. The van der Waals surface area contributed by atoms with Crippen LogP contribution in [0.4, 0.5) is 5.69 Å². The third-order valence-corrected chi connectivity index (χ3v) is 5.92. The Kier molecular flexibility index (Phi) is 6.42. The van der Waals surface area contributed by atoms with E-state index in [0.29, 0.717) is 54.9 Å². The number of hydrogen-bond acceptors (Lipinski definition) is 8. The molecule has 1 amide bonds. The van der Waals surface area contributed by atoms with Crippen LogP contribution < -0.4 is 9.64 Å². The number of hydrogen-bond donors (Lipinski definition) is 0. The highest BCUT2D eigenvalue weighted by Crippen LogP contribution is 2.29. The Morgan fingerprint density at radius 1 is 1.06 bits per heavy atom. The van der Waals surface area contributed by atoms with Gasteiger partial charge in [0.05, 0.1) is 17.9 Å². The first-order chi connectivity index (χ1) is 17.2. The molecule has 1 aromatic carbocycles. The number of nitrogens with zero attached hydrogens (tertiary/aromatic N) is 7. The molecule has 180 valence electrons. The normalized spacial score (nSPS) is 13.8. The Morgan fingerprint density at radius 3 is 2.66 bits per heavy atom. The number of anilines is 1. The van der Waals surface area contributed by atoms with Crippen molar-refractivity contribution in [3.05, 3.63) is 66.6 Å². The van der Waals surface area contributed by atoms with E-state index in [2.05, 4.69) is 31.1 Å². The Hall–Kier alpha value is -4.21. The maximum absolute atomic E-state index is 13.2. The van der Waals surface area contributed by atoms with Gasteiger partial charge in [0.1, 0.15) is 17.8 Å². The van der Waals surface area contributed by atoms with Crippen LogP contribution in [0.15, 0.2) is 59.6 Å². The number of aryl methyl sites for hydroxylation is 1. The summed E-state index contributed by atoms with van der Waals surface area (Å²) in [5, 5.41) is 3.97. The lowest BCUT2D eigenvalue weighted by atomic mass is 10.2. The van der Waals surface area contributed by atoms with Crippen LogP contribution in [0.1, 0.15) is 30.2 Å². The number of piperazine rings is 1. The molecule has 0 atom stereocenters. The molecule has 10 heteroatoms. The summed E-state index contributed by atoms with van der Waals surface area (Å²) >= 11 is 0. The first kappa shape index (κ1) is 22.6. The topological polar surface area (TPSA) is 102 Å². The molecular weight excluding hydrogens is 446 g/mol. The van der Waals surface area contributed by atoms with Crippen molar-refractivity contribution in [1.29, 1.82) is 0 Å². The lowest BCUT2D eigenvalue weighted by Gasteiger charge is -2.36. The van der Waals surface area contributed by atoms with Crippen molar-refractivity contribution in [2.45, 2.75) is 20.3 Å². The van der Waals surface area contributed by atoms with E-state index in [0.717, 1.165) is 24.5 Å².